The van der Waals surface area contributed by atoms with E-state index >= 15 is 0 Å². The molecule has 0 aliphatic carbocycles. The zero-order valence-corrected chi connectivity index (χ0v) is 11.7. The van der Waals surface area contributed by atoms with Gasteiger partial charge >= 0.3 is 0 Å². The molecule has 1 aromatic heterocycles. The van der Waals surface area contributed by atoms with Crippen molar-refractivity contribution in [3.63, 3.8) is 0 Å². The van der Waals surface area contributed by atoms with E-state index in [9.17, 15) is 8.42 Å². The Bertz CT molecular complexity index is 717. The highest BCUT2D eigenvalue weighted by molar-refractivity contribution is 7.92. The maximum absolute atomic E-state index is 12.2. The van der Waals surface area contributed by atoms with E-state index in [2.05, 4.69) is 9.71 Å². The van der Waals surface area contributed by atoms with Gasteiger partial charge < -0.3 is 5.73 Å². The van der Waals surface area contributed by atoms with Crippen LogP contribution in [0.25, 0.3) is 0 Å². The minimum atomic E-state index is -3.78. The van der Waals surface area contributed by atoms with Crippen LogP contribution in [0.2, 0.25) is 5.02 Å². The lowest BCUT2D eigenvalue weighted by molar-refractivity contribution is 0.601. The maximum Gasteiger partial charge on any atom is 0.264 e. The molecular formula is C12H12ClN3O2S. The third kappa shape index (κ3) is 3.15. The zero-order chi connectivity index (χ0) is 14.0. The van der Waals surface area contributed by atoms with Crippen molar-refractivity contribution >= 4 is 33.0 Å². The number of benzene rings is 1. The van der Waals surface area contributed by atoms with Crippen LogP contribution in [0.3, 0.4) is 0 Å². The predicted molar refractivity (Wildman–Crippen MR) is 75.6 cm³/mol. The lowest BCUT2D eigenvalue weighted by atomic mass is 10.3. The summed E-state index contributed by atoms with van der Waals surface area (Å²) < 4.78 is 26.8. The Morgan fingerprint density at radius 2 is 2.00 bits per heavy atom. The van der Waals surface area contributed by atoms with Gasteiger partial charge in [-0.3, -0.25) is 9.71 Å². The fourth-order valence-electron chi connectivity index (χ4n) is 1.56. The summed E-state index contributed by atoms with van der Waals surface area (Å²) in [4.78, 5) is 3.86. The highest BCUT2D eigenvalue weighted by Gasteiger charge is 2.18. The van der Waals surface area contributed by atoms with Gasteiger partial charge in [0.25, 0.3) is 10.0 Å². The smallest absolute Gasteiger partial charge is 0.264 e. The summed E-state index contributed by atoms with van der Waals surface area (Å²) >= 11 is 5.79. The number of pyridine rings is 1. The Balaban J connectivity index is 2.40. The van der Waals surface area contributed by atoms with E-state index in [1.54, 1.807) is 12.3 Å². The van der Waals surface area contributed by atoms with Crippen LogP contribution in [-0.4, -0.2) is 13.4 Å². The topological polar surface area (TPSA) is 85.1 Å². The molecule has 0 radical (unpaired) electrons. The molecule has 0 unspecified atom stereocenters. The van der Waals surface area contributed by atoms with Crippen LogP contribution in [0.1, 0.15) is 5.56 Å². The molecule has 0 amide bonds. The molecule has 0 bridgehead atoms. The average Bonchev–Trinajstić information content (AvgIpc) is 2.31. The Hall–Kier alpha value is -1.79. The zero-order valence-electron chi connectivity index (χ0n) is 10.1. The number of nitrogen functional groups attached to an aromatic ring is 1. The van der Waals surface area contributed by atoms with Gasteiger partial charge in [-0.2, -0.15) is 0 Å². The first-order chi connectivity index (χ1) is 8.88. The number of aromatic nitrogens is 1. The highest BCUT2D eigenvalue weighted by Crippen LogP contribution is 2.24. The van der Waals surface area contributed by atoms with E-state index in [4.69, 9.17) is 17.3 Å². The molecule has 100 valence electrons. The monoisotopic (exact) mass is 297 g/mol. The molecule has 19 heavy (non-hydrogen) atoms. The van der Waals surface area contributed by atoms with E-state index in [0.29, 0.717) is 10.7 Å². The predicted octanol–water partition coefficient (Wildman–Crippen LogP) is 2.43. The summed E-state index contributed by atoms with van der Waals surface area (Å²) in [5, 5.41) is 0.303. The number of anilines is 2. The Labute approximate surface area is 116 Å². The number of nitrogens with two attached hydrogens (primary N) is 1. The standard InChI is InChI=1S/C12H12ClN3O2S/c1-8-4-10(7-15-6-8)16-19(17,18)12-5-9(13)2-3-11(12)14/h2-7,16H,14H2,1H3. The fourth-order valence-corrected chi connectivity index (χ4v) is 2.99. The van der Waals surface area contributed by atoms with Gasteiger partial charge in [0.05, 0.1) is 17.6 Å². The number of nitrogens with one attached hydrogen (secondary N) is 1. The van der Waals surface area contributed by atoms with Crippen LogP contribution in [0.4, 0.5) is 11.4 Å². The van der Waals surface area contributed by atoms with Crippen molar-refractivity contribution in [2.75, 3.05) is 10.5 Å². The van der Waals surface area contributed by atoms with Crippen LogP contribution in [0.15, 0.2) is 41.6 Å². The van der Waals surface area contributed by atoms with Gasteiger partial charge in [0, 0.05) is 11.2 Å². The molecule has 2 aromatic rings. The molecule has 1 heterocycles. The van der Waals surface area contributed by atoms with Crippen molar-refractivity contribution in [1.29, 1.82) is 0 Å². The van der Waals surface area contributed by atoms with Gasteiger partial charge in [0.1, 0.15) is 4.90 Å². The quantitative estimate of drug-likeness (QED) is 0.852. The third-order valence-corrected chi connectivity index (χ3v) is 4.06. The molecule has 0 atom stereocenters. The number of rotatable bonds is 3. The molecule has 5 nitrogen and oxygen atoms in total. The molecule has 1 aromatic carbocycles. The van der Waals surface area contributed by atoms with Crippen molar-refractivity contribution in [2.24, 2.45) is 0 Å². The van der Waals surface area contributed by atoms with Gasteiger partial charge in [0.2, 0.25) is 0 Å². The lowest BCUT2D eigenvalue weighted by Gasteiger charge is -2.10. The largest absolute Gasteiger partial charge is 0.398 e. The first-order valence-corrected chi connectivity index (χ1v) is 7.24. The minimum Gasteiger partial charge on any atom is -0.398 e. The van der Waals surface area contributed by atoms with Gasteiger partial charge in [0.15, 0.2) is 0 Å². The Morgan fingerprint density at radius 3 is 2.68 bits per heavy atom. The normalized spacial score (nSPS) is 11.3. The third-order valence-electron chi connectivity index (χ3n) is 2.39. The number of nitrogens with zero attached hydrogens (tertiary/aromatic N) is 1. The van der Waals surface area contributed by atoms with E-state index in [-0.39, 0.29) is 10.6 Å². The molecular weight excluding hydrogens is 286 g/mol. The summed E-state index contributed by atoms with van der Waals surface area (Å²) in [6.07, 6.45) is 3.05. The summed E-state index contributed by atoms with van der Waals surface area (Å²) in [6, 6.07) is 5.96. The van der Waals surface area contributed by atoms with Crippen LogP contribution < -0.4 is 10.5 Å². The fraction of sp³-hybridized carbons (Fsp3) is 0.0833. The summed E-state index contributed by atoms with van der Waals surface area (Å²) in [6.45, 7) is 1.82. The second kappa shape index (κ2) is 5.07. The molecule has 0 fully saturated rings. The van der Waals surface area contributed by atoms with Crippen LogP contribution in [0, 0.1) is 6.92 Å². The van der Waals surface area contributed by atoms with Gasteiger partial charge in [-0.1, -0.05) is 11.6 Å². The van der Waals surface area contributed by atoms with E-state index < -0.39 is 10.0 Å². The maximum atomic E-state index is 12.2. The number of halogens is 1. The molecule has 0 spiro atoms. The minimum absolute atomic E-state index is 0.0542. The van der Waals surface area contributed by atoms with Crippen molar-refractivity contribution in [1.82, 2.24) is 4.98 Å². The average molecular weight is 298 g/mol. The first-order valence-electron chi connectivity index (χ1n) is 5.38. The van der Waals surface area contributed by atoms with Crippen molar-refractivity contribution in [3.8, 4) is 0 Å². The van der Waals surface area contributed by atoms with Crippen LogP contribution in [-0.2, 0) is 10.0 Å². The second-order valence-corrected chi connectivity index (χ2v) is 6.13. The molecule has 0 aliphatic heterocycles. The van der Waals surface area contributed by atoms with E-state index in [1.165, 1.54) is 24.4 Å². The summed E-state index contributed by atoms with van der Waals surface area (Å²) in [5.41, 5.74) is 7.02. The Morgan fingerprint density at radius 1 is 1.26 bits per heavy atom. The molecule has 0 saturated heterocycles. The van der Waals surface area contributed by atoms with Crippen molar-refractivity contribution < 1.29 is 8.42 Å². The molecule has 7 heteroatoms. The number of hydrogen-bond donors (Lipinski definition) is 2. The van der Waals surface area contributed by atoms with Crippen LogP contribution >= 0.6 is 11.6 Å². The summed E-state index contributed by atoms with van der Waals surface area (Å²) in [7, 11) is -3.78. The van der Waals surface area contributed by atoms with Gasteiger partial charge in [-0.25, -0.2) is 8.42 Å². The number of hydrogen-bond acceptors (Lipinski definition) is 4. The van der Waals surface area contributed by atoms with E-state index in [1.807, 2.05) is 6.92 Å². The molecule has 3 N–H and O–H groups in total. The number of sulfonamides is 1. The van der Waals surface area contributed by atoms with Gasteiger partial charge in [-0.05, 0) is 36.8 Å². The van der Waals surface area contributed by atoms with Gasteiger partial charge in [-0.15, -0.1) is 0 Å². The molecule has 2 rings (SSSR count). The SMILES string of the molecule is Cc1cncc(NS(=O)(=O)c2cc(Cl)ccc2N)c1. The van der Waals surface area contributed by atoms with Crippen molar-refractivity contribution in [2.45, 2.75) is 11.8 Å². The molecule has 0 aliphatic rings. The Kier molecular flexibility index (Phi) is 3.64. The highest BCUT2D eigenvalue weighted by atomic mass is 35.5. The van der Waals surface area contributed by atoms with E-state index in [0.717, 1.165) is 5.56 Å². The molecule has 0 saturated carbocycles. The van der Waals surface area contributed by atoms with Crippen molar-refractivity contribution in [3.05, 3.63) is 47.2 Å². The number of aryl methyl sites for hydroxylation is 1. The lowest BCUT2D eigenvalue weighted by Crippen LogP contribution is -2.15. The summed E-state index contributed by atoms with van der Waals surface area (Å²) in [5.74, 6) is 0. The van der Waals surface area contributed by atoms with Crippen LogP contribution in [0.5, 0.6) is 0 Å². The second-order valence-electron chi connectivity index (χ2n) is 4.04. The first kappa shape index (κ1) is 13.6.